The average Bonchev–Trinajstić information content (AvgIpc) is 3.29. The van der Waals surface area contributed by atoms with E-state index in [0.29, 0.717) is 6.42 Å². The number of amides is 4. The van der Waals surface area contributed by atoms with Crippen molar-refractivity contribution in [2.24, 2.45) is 16.7 Å². The third-order valence-corrected chi connectivity index (χ3v) is 7.24. The summed E-state index contributed by atoms with van der Waals surface area (Å²) in [5.74, 6) is -1.43. The SMILES string of the molecule is C#CC(CC1CC2(CC2)NC1=O)NC(=O)C1CC(C)(C)CN1C(=O)C(NC(=O)C(F)(F)F)C(C)(C)C. The van der Waals surface area contributed by atoms with Crippen LogP contribution in [0.1, 0.15) is 66.7 Å². The summed E-state index contributed by atoms with van der Waals surface area (Å²) >= 11 is 0. The monoisotopic (exact) mass is 512 g/mol. The molecule has 0 aromatic heterocycles. The number of carbonyl (C=O) groups excluding carboxylic acids is 4. The summed E-state index contributed by atoms with van der Waals surface area (Å²) in [6.07, 6.45) is 3.52. The molecule has 11 heteroatoms. The van der Waals surface area contributed by atoms with E-state index in [1.54, 1.807) is 0 Å². The van der Waals surface area contributed by atoms with Gasteiger partial charge in [-0.15, -0.1) is 6.42 Å². The van der Waals surface area contributed by atoms with Gasteiger partial charge in [0.05, 0.1) is 6.04 Å². The minimum atomic E-state index is -5.16. The van der Waals surface area contributed by atoms with Crippen molar-refractivity contribution in [1.29, 1.82) is 0 Å². The zero-order valence-corrected chi connectivity index (χ0v) is 21.3. The van der Waals surface area contributed by atoms with Gasteiger partial charge < -0.3 is 20.9 Å². The van der Waals surface area contributed by atoms with Crippen molar-refractivity contribution in [1.82, 2.24) is 20.9 Å². The first kappa shape index (κ1) is 27.8. The number of terminal acetylenes is 1. The summed E-state index contributed by atoms with van der Waals surface area (Å²) in [6, 6.07) is -3.23. The molecule has 3 rings (SSSR count). The zero-order valence-electron chi connectivity index (χ0n) is 21.3. The Bertz CT molecular complexity index is 975. The van der Waals surface area contributed by atoms with Crippen LogP contribution in [0.4, 0.5) is 13.2 Å². The molecule has 2 heterocycles. The lowest BCUT2D eigenvalue weighted by molar-refractivity contribution is -0.176. The second kappa shape index (κ2) is 9.27. The Morgan fingerprint density at radius 3 is 2.25 bits per heavy atom. The van der Waals surface area contributed by atoms with Crippen LogP contribution in [0.25, 0.3) is 0 Å². The molecule has 3 N–H and O–H groups in total. The number of likely N-dealkylation sites (tertiary alicyclic amines) is 1. The summed E-state index contributed by atoms with van der Waals surface area (Å²) in [5, 5.41) is 7.56. The van der Waals surface area contributed by atoms with Crippen molar-refractivity contribution in [3.05, 3.63) is 0 Å². The maximum atomic E-state index is 13.5. The number of nitrogens with zero attached hydrogens (tertiary/aromatic N) is 1. The molecule has 3 fully saturated rings. The summed E-state index contributed by atoms with van der Waals surface area (Å²) in [7, 11) is 0. The van der Waals surface area contributed by atoms with E-state index in [1.165, 1.54) is 25.7 Å². The Hall–Kier alpha value is -2.77. The Kier molecular flexibility index (Phi) is 7.16. The molecule has 200 valence electrons. The van der Waals surface area contributed by atoms with Crippen molar-refractivity contribution in [2.75, 3.05) is 6.54 Å². The van der Waals surface area contributed by atoms with Crippen molar-refractivity contribution < 1.29 is 32.3 Å². The minimum Gasteiger partial charge on any atom is -0.350 e. The van der Waals surface area contributed by atoms with Gasteiger partial charge in [0.15, 0.2) is 0 Å². The summed E-state index contributed by atoms with van der Waals surface area (Å²) < 4.78 is 38.8. The Labute approximate surface area is 209 Å². The van der Waals surface area contributed by atoms with Gasteiger partial charge in [-0.2, -0.15) is 13.2 Å². The van der Waals surface area contributed by atoms with E-state index in [9.17, 15) is 32.3 Å². The summed E-state index contributed by atoms with van der Waals surface area (Å²) in [4.78, 5) is 52.0. The number of nitrogens with one attached hydrogen (secondary N) is 3. The maximum absolute atomic E-state index is 13.5. The lowest BCUT2D eigenvalue weighted by atomic mass is 9.85. The highest BCUT2D eigenvalue weighted by molar-refractivity contribution is 5.94. The molecule has 36 heavy (non-hydrogen) atoms. The second-order valence-corrected chi connectivity index (χ2v) is 12.3. The number of alkyl halides is 3. The van der Waals surface area contributed by atoms with Crippen LogP contribution in [0.3, 0.4) is 0 Å². The first-order valence-electron chi connectivity index (χ1n) is 12.1. The third kappa shape index (κ3) is 6.13. The first-order valence-corrected chi connectivity index (χ1v) is 12.1. The standard InChI is InChI=1S/C25H35F3N4O4/c1-7-15(10-14-11-24(8-9-24)31-18(14)33)29-19(34)16-12-23(5,6)13-32(16)20(35)17(22(2,3)4)30-21(36)25(26,27)28/h1,14-17H,8-13H2,2-6H3,(H,29,34)(H,30,36)(H,31,33). The van der Waals surface area contributed by atoms with Crippen LogP contribution in [0.15, 0.2) is 0 Å². The predicted octanol–water partition coefficient (Wildman–Crippen LogP) is 1.88. The number of hydrogen-bond acceptors (Lipinski definition) is 4. The fraction of sp³-hybridized carbons (Fsp3) is 0.760. The predicted molar refractivity (Wildman–Crippen MR) is 125 cm³/mol. The average molecular weight is 513 g/mol. The molecule has 1 aliphatic carbocycles. The molecule has 4 atom stereocenters. The lowest BCUT2D eigenvalue weighted by Crippen LogP contribution is -2.59. The molecule has 2 aliphatic heterocycles. The van der Waals surface area contributed by atoms with E-state index in [0.717, 1.165) is 12.8 Å². The fourth-order valence-electron chi connectivity index (χ4n) is 5.13. The highest BCUT2D eigenvalue weighted by Crippen LogP contribution is 2.46. The van der Waals surface area contributed by atoms with Gasteiger partial charge in [0.2, 0.25) is 17.7 Å². The highest BCUT2D eigenvalue weighted by atomic mass is 19.4. The summed E-state index contributed by atoms with van der Waals surface area (Å²) in [5.41, 5.74) is -1.68. The smallest absolute Gasteiger partial charge is 0.350 e. The summed E-state index contributed by atoms with van der Waals surface area (Å²) in [6.45, 7) is 8.42. The second-order valence-electron chi connectivity index (χ2n) is 12.3. The van der Waals surface area contributed by atoms with E-state index in [1.807, 2.05) is 19.2 Å². The van der Waals surface area contributed by atoms with Crippen LogP contribution < -0.4 is 16.0 Å². The van der Waals surface area contributed by atoms with Gasteiger partial charge >= 0.3 is 12.1 Å². The van der Waals surface area contributed by atoms with Crippen LogP contribution in [-0.2, 0) is 19.2 Å². The number of halogens is 3. The van der Waals surface area contributed by atoms with Crippen molar-refractivity contribution in [3.63, 3.8) is 0 Å². The minimum absolute atomic E-state index is 0.0887. The first-order chi connectivity index (χ1) is 16.4. The lowest BCUT2D eigenvalue weighted by Gasteiger charge is -2.36. The van der Waals surface area contributed by atoms with E-state index < -0.39 is 52.9 Å². The highest BCUT2D eigenvalue weighted by Gasteiger charge is 2.53. The van der Waals surface area contributed by atoms with E-state index in [2.05, 4.69) is 16.6 Å². The molecule has 2 saturated heterocycles. The van der Waals surface area contributed by atoms with E-state index in [4.69, 9.17) is 6.42 Å². The molecule has 8 nitrogen and oxygen atoms in total. The van der Waals surface area contributed by atoms with Gasteiger partial charge in [0.1, 0.15) is 12.1 Å². The Morgan fingerprint density at radius 2 is 1.78 bits per heavy atom. The van der Waals surface area contributed by atoms with Crippen molar-refractivity contribution in [2.45, 2.75) is 96.6 Å². The fourth-order valence-corrected chi connectivity index (χ4v) is 5.13. The quantitative estimate of drug-likeness (QED) is 0.473. The van der Waals surface area contributed by atoms with Crippen LogP contribution in [0.2, 0.25) is 0 Å². The van der Waals surface area contributed by atoms with Crippen LogP contribution in [0.5, 0.6) is 0 Å². The Morgan fingerprint density at radius 1 is 1.17 bits per heavy atom. The topological polar surface area (TPSA) is 108 Å². The molecule has 1 spiro atoms. The maximum Gasteiger partial charge on any atom is 0.471 e. The molecular formula is C25H35F3N4O4. The molecule has 3 aliphatic rings. The molecule has 0 radical (unpaired) electrons. The van der Waals surface area contributed by atoms with Gasteiger partial charge in [0, 0.05) is 18.0 Å². The largest absolute Gasteiger partial charge is 0.471 e. The van der Waals surface area contributed by atoms with Gasteiger partial charge in [-0.05, 0) is 42.9 Å². The number of carbonyl (C=O) groups is 4. The van der Waals surface area contributed by atoms with Gasteiger partial charge in [-0.3, -0.25) is 19.2 Å². The van der Waals surface area contributed by atoms with Crippen LogP contribution in [-0.4, -0.2) is 64.9 Å². The van der Waals surface area contributed by atoms with Crippen molar-refractivity contribution >= 4 is 23.6 Å². The van der Waals surface area contributed by atoms with E-state index in [-0.39, 0.29) is 36.8 Å². The third-order valence-electron chi connectivity index (χ3n) is 7.24. The van der Waals surface area contributed by atoms with Gasteiger partial charge in [0.25, 0.3) is 0 Å². The Balaban J connectivity index is 1.75. The number of rotatable bonds is 6. The van der Waals surface area contributed by atoms with Crippen LogP contribution in [0, 0.1) is 29.1 Å². The number of hydrogen-bond donors (Lipinski definition) is 3. The van der Waals surface area contributed by atoms with Crippen LogP contribution >= 0.6 is 0 Å². The van der Waals surface area contributed by atoms with E-state index >= 15 is 0 Å². The van der Waals surface area contributed by atoms with Gasteiger partial charge in [-0.25, -0.2) is 0 Å². The van der Waals surface area contributed by atoms with Gasteiger partial charge in [-0.1, -0.05) is 40.5 Å². The molecule has 4 amide bonds. The molecule has 4 unspecified atom stereocenters. The molecule has 0 aromatic carbocycles. The molecular weight excluding hydrogens is 477 g/mol. The van der Waals surface area contributed by atoms with Crippen molar-refractivity contribution in [3.8, 4) is 12.3 Å². The molecule has 0 aromatic rings. The normalized spacial score (nSPS) is 26.1. The zero-order chi connectivity index (χ0) is 27.3. The molecule has 1 saturated carbocycles. The molecule has 0 bridgehead atoms.